The molecule has 2 aromatic heterocycles. The second kappa shape index (κ2) is 8.37. The number of hydrogen-bond acceptors (Lipinski definition) is 3. The number of carbonyl (C=O) groups is 1. The van der Waals surface area contributed by atoms with E-state index in [0.717, 1.165) is 44.5 Å². The van der Waals surface area contributed by atoms with Crippen molar-refractivity contribution in [2.24, 2.45) is 0 Å². The summed E-state index contributed by atoms with van der Waals surface area (Å²) in [6.07, 6.45) is 3.81. The van der Waals surface area contributed by atoms with Crippen LogP contribution >= 0.6 is 0 Å². The Kier molecular flexibility index (Phi) is 5.36. The minimum absolute atomic E-state index is 0.0626. The number of methoxy groups -OCH3 is 1. The van der Waals surface area contributed by atoms with Gasteiger partial charge in [0.1, 0.15) is 11.6 Å². The molecule has 0 saturated heterocycles. The zero-order valence-corrected chi connectivity index (χ0v) is 19.8. The molecule has 0 unspecified atom stereocenters. The van der Waals surface area contributed by atoms with E-state index in [9.17, 15) is 4.79 Å². The number of imidazole rings is 1. The predicted molar refractivity (Wildman–Crippen MR) is 136 cm³/mol. The summed E-state index contributed by atoms with van der Waals surface area (Å²) < 4.78 is 7.36. The smallest absolute Gasteiger partial charge is 0.253 e. The van der Waals surface area contributed by atoms with E-state index in [1.54, 1.807) is 7.11 Å². The van der Waals surface area contributed by atoms with E-state index >= 15 is 0 Å². The fourth-order valence-corrected chi connectivity index (χ4v) is 4.07. The number of aromatic amines is 1. The van der Waals surface area contributed by atoms with Crippen LogP contribution in [0.5, 0.6) is 5.75 Å². The maximum atomic E-state index is 12.6. The molecule has 34 heavy (non-hydrogen) atoms. The van der Waals surface area contributed by atoms with E-state index < -0.39 is 0 Å². The molecule has 3 aromatic carbocycles. The van der Waals surface area contributed by atoms with E-state index in [1.165, 1.54) is 0 Å². The Morgan fingerprint density at radius 3 is 2.50 bits per heavy atom. The lowest BCUT2D eigenvalue weighted by Crippen LogP contribution is -2.24. The molecule has 0 atom stereocenters. The van der Waals surface area contributed by atoms with Crippen LogP contribution in [0.25, 0.3) is 32.9 Å². The quantitative estimate of drug-likeness (QED) is 0.350. The summed E-state index contributed by atoms with van der Waals surface area (Å²) in [5.41, 5.74) is 4.63. The molecule has 0 aliphatic carbocycles. The van der Waals surface area contributed by atoms with Gasteiger partial charge in [0.05, 0.1) is 30.3 Å². The molecule has 0 radical (unpaired) electrons. The molecule has 172 valence electrons. The fraction of sp³-hybridized carbons (Fsp3) is 0.214. The van der Waals surface area contributed by atoms with Crippen molar-refractivity contribution in [3.05, 3.63) is 84.4 Å². The number of amides is 1. The highest BCUT2D eigenvalue weighted by Gasteiger charge is 2.15. The Labute approximate surface area is 198 Å². The lowest BCUT2D eigenvalue weighted by Gasteiger charge is -2.20. The van der Waals surface area contributed by atoms with Gasteiger partial charge in [0.25, 0.3) is 5.91 Å². The summed E-state index contributed by atoms with van der Waals surface area (Å²) in [5.74, 6) is 1.46. The molecule has 6 nitrogen and oxygen atoms in total. The van der Waals surface area contributed by atoms with Gasteiger partial charge in [-0.15, -0.1) is 0 Å². The largest absolute Gasteiger partial charge is 0.497 e. The molecular weight excluding hydrogens is 424 g/mol. The summed E-state index contributed by atoms with van der Waals surface area (Å²) in [6, 6.07) is 20.5. The third-order valence-electron chi connectivity index (χ3n) is 6.06. The van der Waals surface area contributed by atoms with Crippen molar-refractivity contribution < 1.29 is 9.53 Å². The summed E-state index contributed by atoms with van der Waals surface area (Å²) in [4.78, 5) is 20.6. The van der Waals surface area contributed by atoms with E-state index in [2.05, 4.69) is 72.5 Å². The lowest BCUT2D eigenvalue weighted by molar-refractivity contribution is 0.0950. The van der Waals surface area contributed by atoms with Crippen LogP contribution in [0.1, 0.15) is 37.0 Å². The van der Waals surface area contributed by atoms with Gasteiger partial charge in [-0.05, 0) is 79.1 Å². The van der Waals surface area contributed by atoms with Crippen molar-refractivity contribution in [2.75, 3.05) is 7.11 Å². The number of carbonyl (C=O) groups excluding carboxylic acids is 1. The minimum atomic E-state index is -0.114. The van der Waals surface area contributed by atoms with Crippen LogP contribution in [0.3, 0.4) is 0 Å². The molecule has 0 aliphatic heterocycles. The average molecular weight is 453 g/mol. The summed E-state index contributed by atoms with van der Waals surface area (Å²) in [7, 11) is 1.68. The summed E-state index contributed by atoms with van der Waals surface area (Å²) >= 11 is 0. The second-order valence-electron chi connectivity index (χ2n) is 9.50. The van der Waals surface area contributed by atoms with Gasteiger partial charge >= 0.3 is 0 Å². The highest BCUT2D eigenvalue weighted by molar-refractivity contribution is 5.94. The third kappa shape index (κ3) is 4.27. The van der Waals surface area contributed by atoms with Gasteiger partial charge in [-0.1, -0.05) is 24.3 Å². The molecule has 1 amide bonds. The molecular formula is C28H28N4O2. The number of aromatic nitrogens is 3. The highest BCUT2D eigenvalue weighted by Crippen LogP contribution is 2.28. The lowest BCUT2D eigenvalue weighted by atomic mass is 10.0. The molecule has 0 saturated carbocycles. The number of nitrogens with zero attached hydrogens (tertiary/aromatic N) is 2. The Hall–Kier alpha value is -4.06. The number of hydrogen-bond donors (Lipinski definition) is 2. The molecule has 2 heterocycles. The standard InChI is InChI=1S/C28H28N4O2/c1-28(2,3)32-12-11-22(17-32)27(33)29-16-26-30-24-10-8-21(15-25(24)31-26)18-5-6-20-14-23(34-4)9-7-19(20)13-18/h5-15,17H,16H2,1-4H3,(H,29,33)(H,30,31). The van der Waals surface area contributed by atoms with Gasteiger partial charge < -0.3 is 19.6 Å². The van der Waals surface area contributed by atoms with Crippen LogP contribution in [0.2, 0.25) is 0 Å². The minimum Gasteiger partial charge on any atom is -0.497 e. The van der Waals surface area contributed by atoms with Gasteiger partial charge in [-0.25, -0.2) is 4.98 Å². The van der Waals surface area contributed by atoms with Crippen molar-refractivity contribution >= 4 is 27.7 Å². The topological polar surface area (TPSA) is 71.9 Å². The Morgan fingerprint density at radius 1 is 1.00 bits per heavy atom. The van der Waals surface area contributed by atoms with Crippen molar-refractivity contribution in [1.29, 1.82) is 0 Å². The van der Waals surface area contributed by atoms with E-state index in [-0.39, 0.29) is 11.4 Å². The zero-order chi connectivity index (χ0) is 23.9. The van der Waals surface area contributed by atoms with Crippen molar-refractivity contribution in [3.8, 4) is 16.9 Å². The van der Waals surface area contributed by atoms with Crippen molar-refractivity contribution in [2.45, 2.75) is 32.9 Å². The maximum absolute atomic E-state index is 12.6. The molecule has 6 heteroatoms. The van der Waals surface area contributed by atoms with Crippen LogP contribution in [-0.2, 0) is 12.1 Å². The van der Waals surface area contributed by atoms with Crippen LogP contribution in [-0.4, -0.2) is 27.6 Å². The third-order valence-corrected chi connectivity index (χ3v) is 6.06. The Balaban J connectivity index is 1.33. The highest BCUT2D eigenvalue weighted by atomic mass is 16.5. The SMILES string of the molecule is COc1ccc2cc(-c3ccc4nc(CNC(=O)c5ccn(C(C)(C)C)c5)[nH]c4c3)ccc2c1. The van der Waals surface area contributed by atoms with E-state index in [4.69, 9.17) is 4.74 Å². The zero-order valence-electron chi connectivity index (χ0n) is 19.8. The molecule has 5 aromatic rings. The van der Waals surface area contributed by atoms with E-state index in [0.29, 0.717) is 12.1 Å². The molecule has 0 spiro atoms. The number of H-pyrrole nitrogens is 1. The number of fused-ring (bicyclic) bond motifs is 2. The maximum Gasteiger partial charge on any atom is 0.253 e. The second-order valence-corrected chi connectivity index (χ2v) is 9.50. The average Bonchev–Trinajstić information content (AvgIpc) is 3.48. The van der Waals surface area contributed by atoms with Crippen LogP contribution in [0.15, 0.2) is 73.1 Å². The van der Waals surface area contributed by atoms with Crippen LogP contribution in [0.4, 0.5) is 0 Å². The summed E-state index contributed by atoms with van der Waals surface area (Å²) in [6.45, 7) is 6.65. The van der Waals surface area contributed by atoms with Gasteiger partial charge in [-0.2, -0.15) is 0 Å². The first kappa shape index (κ1) is 21.8. The summed E-state index contributed by atoms with van der Waals surface area (Å²) in [5, 5.41) is 5.26. The van der Waals surface area contributed by atoms with E-state index in [1.807, 2.05) is 41.2 Å². The normalized spacial score (nSPS) is 11.8. The number of benzene rings is 3. The number of rotatable bonds is 5. The van der Waals surface area contributed by atoms with Crippen LogP contribution in [0, 0.1) is 0 Å². The first-order valence-electron chi connectivity index (χ1n) is 11.3. The first-order valence-corrected chi connectivity index (χ1v) is 11.3. The number of nitrogens with one attached hydrogen (secondary N) is 2. The van der Waals surface area contributed by atoms with Crippen LogP contribution < -0.4 is 10.1 Å². The van der Waals surface area contributed by atoms with Gasteiger partial charge in [-0.3, -0.25) is 4.79 Å². The van der Waals surface area contributed by atoms with Crippen molar-refractivity contribution in [1.82, 2.24) is 19.9 Å². The Morgan fingerprint density at radius 2 is 1.74 bits per heavy atom. The molecule has 0 bridgehead atoms. The molecule has 0 fully saturated rings. The number of ether oxygens (including phenoxy) is 1. The predicted octanol–water partition coefficient (Wildman–Crippen LogP) is 5.88. The first-order chi connectivity index (χ1) is 16.3. The van der Waals surface area contributed by atoms with Gasteiger partial charge in [0, 0.05) is 17.9 Å². The fourth-order valence-electron chi connectivity index (χ4n) is 4.07. The van der Waals surface area contributed by atoms with Gasteiger partial charge in [0.2, 0.25) is 0 Å². The van der Waals surface area contributed by atoms with Crippen molar-refractivity contribution in [3.63, 3.8) is 0 Å². The Bertz CT molecular complexity index is 1500. The van der Waals surface area contributed by atoms with Gasteiger partial charge in [0.15, 0.2) is 0 Å². The molecule has 5 rings (SSSR count). The monoisotopic (exact) mass is 452 g/mol. The molecule has 2 N–H and O–H groups in total. The molecule has 0 aliphatic rings.